The van der Waals surface area contributed by atoms with Crippen molar-refractivity contribution in [3.63, 3.8) is 0 Å². The van der Waals surface area contributed by atoms with Gasteiger partial charge in [-0.2, -0.15) is 0 Å². The van der Waals surface area contributed by atoms with Gasteiger partial charge in [-0.1, -0.05) is 0 Å². The number of aliphatic hydroxyl groups is 3. The Morgan fingerprint density at radius 3 is 2.76 bits per heavy atom. The van der Waals surface area contributed by atoms with Crippen molar-refractivity contribution < 1.29 is 24.9 Å². The molecule has 4 atom stereocenters. The number of aromatic nitrogens is 4. The molecule has 5 N–H and O–H groups in total. The number of fused-ring (bicyclic) bond motifs is 1. The van der Waals surface area contributed by atoms with Crippen LogP contribution in [-0.2, 0) is 4.74 Å². The van der Waals surface area contributed by atoms with Crippen molar-refractivity contribution in [3.05, 3.63) is 18.3 Å². The van der Waals surface area contributed by atoms with E-state index >= 15 is 0 Å². The summed E-state index contributed by atoms with van der Waals surface area (Å²) < 4.78 is 6.74. The van der Waals surface area contributed by atoms with Crippen molar-refractivity contribution in [2.75, 3.05) is 6.61 Å². The van der Waals surface area contributed by atoms with E-state index in [9.17, 15) is 15.0 Å². The Balaban J connectivity index is 2.04. The summed E-state index contributed by atoms with van der Waals surface area (Å²) in [5, 5.41) is 28.9. The molecule has 0 unspecified atom stereocenters. The fourth-order valence-corrected chi connectivity index (χ4v) is 2.24. The van der Waals surface area contributed by atoms with E-state index in [1.165, 1.54) is 17.1 Å². The van der Waals surface area contributed by atoms with E-state index in [4.69, 9.17) is 15.6 Å². The predicted octanol–water partition coefficient (Wildman–Crippen LogP) is -2.46. The van der Waals surface area contributed by atoms with Crippen LogP contribution in [0.3, 0.4) is 0 Å². The molecule has 0 bridgehead atoms. The lowest BCUT2D eigenvalue weighted by molar-refractivity contribution is -0.0511. The molecule has 0 spiro atoms. The molecule has 3 heterocycles. The monoisotopic (exact) mass is 295 g/mol. The van der Waals surface area contributed by atoms with Gasteiger partial charge in [-0.25, -0.2) is 15.0 Å². The van der Waals surface area contributed by atoms with E-state index in [1.807, 2.05) is 0 Å². The highest BCUT2D eigenvalue weighted by Gasteiger charge is 2.43. The second-order valence-corrected chi connectivity index (χ2v) is 4.65. The van der Waals surface area contributed by atoms with Gasteiger partial charge >= 0.3 is 0 Å². The molecule has 1 aliphatic rings. The van der Waals surface area contributed by atoms with Crippen molar-refractivity contribution in [2.24, 2.45) is 5.73 Å². The Bertz CT molecular complexity index is 689. The molecule has 21 heavy (non-hydrogen) atoms. The normalized spacial score (nSPS) is 29.1. The first kappa shape index (κ1) is 13.8. The van der Waals surface area contributed by atoms with Gasteiger partial charge in [-0.15, -0.1) is 0 Å². The summed E-state index contributed by atoms with van der Waals surface area (Å²) in [6.07, 6.45) is -1.76. The fraction of sp³-hybridized carbons (Fsp3) is 0.455. The van der Waals surface area contributed by atoms with Crippen molar-refractivity contribution >= 4 is 17.1 Å². The first-order valence-electron chi connectivity index (χ1n) is 6.14. The highest BCUT2D eigenvalue weighted by atomic mass is 16.6. The molecule has 1 amide bonds. The molecule has 10 heteroatoms. The average molecular weight is 295 g/mol. The number of nitrogens with zero attached hydrogens (tertiary/aromatic N) is 4. The quantitative estimate of drug-likeness (QED) is 0.485. The largest absolute Gasteiger partial charge is 0.394 e. The maximum Gasteiger partial charge on any atom is 0.286 e. The first-order chi connectivity index (χ1) is 10.0. The lowest BCUT2D eigenvalue weighted by Gasteiger charge is -2.16. The molecular formula is C11H13N5O5. The lowest BCUT2D eigenvalue weighted by atomic mass is 10.1. The Hall–Kier alpha value is -2.14. The summed E-state index contributed by atoms with van der Waals surface area (Å²) in [5.41, 5.74) is 5.73. The molecule has 0 saturated carbocycles. The molecule has 0 radical (unpaired) electrons. The summed E-state index contributed by atoms with van der Waals surface area (Å²) in [4.78, 5) is 22.9. The zero-order valence-electron chi connectivity index (χ0n) is 10.7. The summed E-state index contributed by atoms with van der Waals surface area (Å²) in [6, 6.07) is 0. The number of rotatable bonds is 3. The predicted molar refractivity (Wildman–Crippen MR) is 66.9 cm³/mol. The molecule has 10 nitrogen and oxygen atoms in total. The first-order valence-corrected chi connectivity index (χ1v) is 6.14. The van der Waals surface area contributed by atoms with Gasteiger partial charge in [0.05, 0.1) is 19.1 Å². The molecule has 1 aliphatic heterocycles. The van der Waals surface area contributed by atoms with Crippen LogP contribution in [0.1, 0.15) is 16.8 Å². The average Bonchev–Trinajstić information content (AvgIpc) is 3.01. The second kappa shape index (κ2) is 5.00. The van der Waals surface area contributed by atoms with E-state index in [0.717, 1.165) is 0 Å². The maximum atomic E-state index is 11.1. The van der Waals surface area contributed by atoms with Crippen molar-refractivity contribution in [3.8, 4) is 0 Å². The van der Waals surface area contributed by atoms with E-state index in [-0.39, 0.29) is 11.5 Å². The Morgan fingerprint density at radius 1 is 1.38 bits per heavy atom. The van der Waals surface area contributed by atoms with Gasteiger partial charge < -0.3 is 25.8 Å². The zero-order chi connectivity index (χ0) is 15.1. The molecule has 1 fully saturated rings. The van der Waals surface area contributed by atoms with Crippen LogP contribution in [-0.4, -0.2) is 65.7 Å². The number of hydrogen-bond donors (Lipinski definition) is 4. The third-order valence-electron chi connectivity index (χ3n) is 3.33. The fourth-order valence-electron chi connectivity index (χ4n) is 2.24. The highest BCUT2D eigenvalue weighted by molar-refractivity contribution is 5.90. The molecule has 0 aliphatic carbocycles. The topological polar surface area (TPSA) is 157 Å². The van der Waals surface area contributed by atoms with E-state index < -0.39 is 37.1 Å². The van der Waals surface area contributed by atoms with Crippen LogP contribution < -0.4 is 5.73 Å². The number of aliphatic hydroxyl groups excluding tert-OH is 3. The number of imidazole rings is 1. The number of ether oxygens (including phenoxy) is 1. The maximum absolute atomic E-state index is 11.1. The van der Waals surface area contributed by atoms with Gasteiger partial charge in [0.25, 0.3) is 5.91 Å². The van der Waals surface area contributed by atoms with E-state index in [2.05, 4.69) is 15.0 Å². The number of nitrogens with two attached hydrogens (primary N) is 1. The second-order valence-electron chi connectivity index (χ2n) is 4.65. The lowest BCUT2D eigenvalue weighted by Crippen LogP contribution is -2.33. The number of primary amides is 1. The summed E-state index contributed by atoms with van der Waals surface area (Å²) in [5.74, 6) is -0.998. The number of hydrogen-bond acceptors (Lipinski definition) is 8. The molecule has 0 aromatic carbocycles. The van der Waals surface area contributed by atoms with Gasteiger partial charge in [0.1, 0.15) is 23.8 Å². The van der Waals surface area contributed by atoms with E-state index in [1.54, 1.807) is 0 Å². The summed E-state index contributed by atoms with van der Waals surface area (Å²) in [7, 11) is 0. The molecule has 1 saturated heterocycles. The van der Waals surface area contributed by atoms with Crippen LogP contribution in [0.25, 0.3) is 11.2 Å². The minimum atomic E-state index is -1.27. The van der Waals surface area contributed by atoms with Crippen LogP contribution in [0.4, 0.5) is 0 Å². The standard InChI is InChI=1S/C11H13N5O5/c12-8(20)9-13-1-4-10(15-9)16(3-14-4)11-7(19)6(18)5(2-17)21-11/h1,3,5-7,11,17-19H,2H2,(H2,12,20)/t5-,6-,7-,11-/m1/s1. The van der Waals surface area contributed by atoms with Crippen LogP contribution in [0.2, 0.25) is 0 Å². The van der Waals surface area contributed by atoms with Crippen LogP contribution in [0, 0.1) is 0 Å². The molecule has 3 rings (SSSR count). The Labute approximate surface area is 117 Å². The van der Waals surface area contributed by atoms with Gasteiger partial charge in [0.15, 0.2) is 11.9 Å². The summed E-state index contributed by atoms with van der Waals surface area (Å²) in [6.45, 7) is -0.442. The third-order valence-corrected chi connectivity index (χ3v) is 3.33. The highest BCUT2D eigenvalue weighted by Crippen LogP contribution is 2.30. The molecule has 2 aromatic rings. The SMILES string of the molecule is NC(=O)c1ncc2ncn([C@@H]3O[C@H](CO)[C@@H](O)[C@H]3O)c2n1. The number of carbonyl (C=O) groups excluding carboxylic acids is 1. The molecule has 2 aromatic heterocycles. The van der Waals surface area contributed by atoms with Gasteiger partial charge in [-0.3, -0.25) is 9.36 Å². The van der Waals surface area contributed by atoms with Crippen molar-refractivity contribution in [1.29, 1.82) is 0 Å². The Morgan fingerprint density at radius 2 is 2.14 bits per heavy atom. The molecule has 112 valence electrons. The van der Waals surface area contributed by atoms with Gasteiger partial charge in [0.2, 0.25) is 5.82 Å². The Kier molecular flexibility index (Phi) is 3.29. The minimum Gasteiger partial charge on any atom is -0.394 e. The van der Waals surface area contributed by atoms with Crippen LogP contribution in [0.5, 0.6) is 0 Å². The van der Waals surface area contributed by atoms with Gasteiger partial charge in [-0.05, 0) is 0 Å². The van der Waals surface area contributed by atoms with Crippen molar-refractivity contribution in [2.45, 2.75) is 24.5 Å². The van der Waals surface area contributed by atoms with Gasteiger partial charge in [0, 0.05) is 0 Å². The number of carbonyl (C=O) groups is 1. The number of amides is 1. The minimum absolute atomic E-state index is 0.198. The molecular weight excluding hydrogens is 282 g/mol. The third kappa shape index (κ3) is 2.14. The zero-order valence-corrected chi connectivity index (χ0v) is 10.7. The van der Waals surface area contributed by atoms with Crippen LogP contribution >= 0.6 is 0 Å². The van der Waals surface area contributed by atoms with Crippen LogP contribution in [0.15, 0.2) is 12.5 Å². The summed E-state index contributed by atoms with van der Waals surface area (Å²) >= 11 is 0. The van der Waals surface area contributed by atoms with E-state index in [0.29, 0.717) is 5.52 Å². The smallest absolute Gasteiger partial charge is 0.286 e. The van der Waals surface area contributed by atoms with Crippen molar-refractivity contribution in [1.82, 2.24) is 19.5 Å².